The maximum atomic E-state index is 12.4. The van der Waals surface area contributed by atoms with E-state index in [0.29, 0.717) is 0 Å². The minimum absolute atomic E-state index is 0.255. The number of carbonyl (C=O) groups is 1. The van der Waals surface area contributed by atoms with Gasteiger partial charge in [0, 0.05) is 6.07 Å². The van der Waals surface area contributed by atoms with Crippen LogP contribution in [0.4, 0.5) is 23.4 Å². The summed E-state index contributed by atoms with van der Waals surface area (Å²) in [4.78, 5) is 10.7. The monoisotopic (exact) mass is 226 g/mol. The topological polar surface area (TPSA) is 55.1 Å². The Morgan fingerprint density at radius 2 is 2.20 bits per heavy atom. The number of anilines is 1. The molecule has 0 fully saturated rings. The van der Waals surface area contributed by atoms with Gasteiger partial charge in [-0.2, -0.15) is 8.78 Å². The molecule has 0 aliphatic heterocycles. The molecule has 1 amide bonds. The van der Waals surface area contributed by atoms with Gasteiger partial charge in [0.1, 0.15) is 5.76 Å². The summed E-state index contributed by atoms with van der Waals surface area (Å²) in [6.45, 7) is 1.45. The lowest BCUT2D eigenvalue weighted by molar-refractivity contribution is -0.163. The van der Waals surface area contributed by atoms with Gasteiger partial charge in [-0.05, 0) is 6.92 Å². The summed E-state index contributed by atoms with van der Waals surface area (Å²) in [6.07, 6.45) is -4.06. The summed E-state index contributed by atoms with van der Waals surface area (Å²) in [7, 11) is 0. The number of rotatable bonds is 3. The Balaban J connectivity index is 2.71. The number of aromatic nitrogens is 1. The summed E-state index contributed by atoms with van der Waals surface area (Å²) < 4.78 is 52.7. The number of aryl methyl sites for hydroxylation is 1. The van der Waals surface area contributed by atoms with E-state index in [0.717, 1.165) is 6.07 Å². The molecule has 84 valence electrons. The van der Waals surface area contributed by atoms with Crippen LogP contribution in [0, 0.1) is 6.92 Å². The number of carbonyl (C=O) groups excluding carboxylic acids is 1. The molecule has 1 aromatic rings. The quantitative estimate of drug-likeness (QED) is 0.800. The Morgan fingerprint density at radius 1 is 1.60 bits per heavy atom. The van der Waals surface area contributed by atoms with Crippen molar-refractivity contribution in [2.75, 3.05) is 5.32 Å². The Labute approximate surface area is 81.2 Å². The number of amides is 1. The smallest absolute Gasteiger partial charge is 0.360 e. The predicted molar refractivity (Wildman–Crippen MR) is 40.8 cm³/mol. The Kier molecular flexibility index (Phi) is 2.96. The second-order valence-corrected chi connectivity index (χ2v) is 2.70. The summed E-state index contributed by atoms with van der Waals surface area (Å²) in [5.41, 5.74) is 0. The highest BCUT2D eigenvalue weighted by molar-refractivity contribution is 5.95. The third-order valence-corrected chi connectivity index (χ3v) is 1.45. The normalized spacial score (nSPS) is 11.9. The molecule has 0 spiro atoms. The van der Waals surface area contributed by atoms with Gasteiger partial charge in [0.2, 0.25) is 0 Å². The van der Waals surface area contributed by atoms with Gasteiger partial charge in [-0.1, -0.05) is 5.16 Å². The SMILES string of the molecule is Cc1cc(NC(=O)C(F)(F)C(F)F)no1. The molecular weight excluding hydrogens is 220 g/mol. The van der Waals surface area contributed by atoms with E-state index in [1.807, 2.05) is 0 Å². The molecule has 0 saturated heterocycles. The van der Waals surface area contributed by atoms with Gasteiger partial charge in [-0.3, -0.25) is 4.79 Å². The molecule has 1 rings (SSSR count). The Bertz CT molecular complexity index is 364. The molecule has 0 radical (unpaired) electrons. The number of hydrogen-bond donors (Lipinski definition) is 1. The molecule has 0 aliphatic rings. The number of alkyl halides is 4. The predicted octanol–water partition coefficient (Wildman–Crippen LogP) is 1.82. The lowest BCUT2D eigenvalue weighted by Crippen LogP contribution is -2.41. The van der Waals surface area contributed by atoms with Crippen molar-refractivity contribution in [3.63, 3.8) is 0 Å². The highest BCUT2D eigenvalue weighted by Gasteiger charge is 2.49. The molecule has 0 saturated carbocycles. The minimum Gasteiger partial charge on any atom is -0.360 e. The zero-order valence-corrected chi connectivity index (χ0v) is 7.43. The summed E-state index contributed by atoms with van der Waals surface area (Å²) in [6, 6.07) is 1.12. The van der Waals surface area contributed by atoms with Crippen molar-refractivity contribution in [2.45, 2.75) is 19.3 Å². The van der Waals surface area contributed by atoms with Gasteiger partial charge in [0.05, 0.1) is 0 Å². The van der Waals surface area contributed by atoms with Crippen LogP contribution in [0.25, 0.3) is 0 Å². The first-order valence-corrected chi connectivity index (χ1v) is 3.74. The van der Waals surface area contributed by atoms with Crippen LogP contribution in [0.1, 0.15) is 5.76 Å². The second kappa shape index (κ2) is 3.87. The van der Waals surface area contributed by atoms with Crippen LogP contribution in [0.3, 0.4) is 0 Å². The molecule has 4 nitrogen and oxygen atoms in total. The summed E-state index contributed by atoms with van der Waals surface area (Å²) in [5, 5.41) is 4.65. The average Bonchev–Trinajstić information content (AvgIpc) is 2.50. The molecule has 0 atom stereocenters. The van der Waals surface area contributed by atoms with E-state index in [1.165, 1.54) is 12.2 Å². The Hall–Kier alpha value is -1.60. The average molecular weight is 226 g/mol. The van der Waals surface area contributed by atoms with Crippen LogP contribution in [0.5, 0.6) is 0 Å². The number of nitrogens with one attached hydrogen (secondary N) is 1. The van der Waals surface area contributed by atoms with E-state index in [1.54, 1.807) is 0 Å². The van der Waals surface area contributed by atoms with Crippen molar-refractivity contribution in [2.24, 2.45) is 0 Å². The summed E-state index contributed by atoms with van der Waals surface area (Å²) >= 11 is 0. The maximum absolute atomic E-state index is 12.4. The van der Waals surface area contributed by atoms with Crippen molar-refractivity contribution in [1.29, 1.82) is 0 Å². The molecule has 1 heterocycles. The van der Waals surface area contributed by atoms with E-state index >= 15 is 0 Å². The van der Waals surface area contributed by atoms with Gasteiger partial charge >= 0.3 is 18.3 Å². The van der Waals surface area contributed by atoms with Gasteiger partial charge in [-0.25, -0.2) is 8.78 Å². The molecule has 0 aliphatic carbocycles. The van der Waals surface area contributed by atoms with Crippen LogP contribution in [0.15, 0.2) is 10.6 Å². The van der Waals surface area contributed by atoms with Crippen molar-refractivity contribution in [3.8, 4) is 0 Å². The summed E-state index contributed by atoms with van der Waals surface area (Å²) in [5.74, 6) is -6.94. The highest BCUT2D eigenvalue weighted by atomic mass is 19.3. The molecule has 1 aromatic heterocycles. The fourth-order valence-corrected chi connectivity index (χ4v) is 0.724. The molecule has 0 aromatic carbocycles. The Morgan fingerprint density at radius 3 is 2.60 bits per heavy atom. The van der Waals surface area contributed by atoms with Gasteiger partial charge < -0.3 is 9.84 Å². The maximum Gasteiger partial charge on any atom is 0.383 e. The molecular formula is C7H6F4N2O2. The first kappa shape index (κ1) is 11.5. The third kappa shape index (κ3) is 2.45. The van der Waals surface area contributed by atoms with Gasteiger partial charge in [0.15, 0.2) is 5.82 Å². The van der Waals surface area contributed by atoms with E-state index < -0.39 is 18.3 Å². The van der Waals surface area contributed by atoms with Crippen molar-refractivity contribution in [3.05, 3.63) is 11.8 Å². The molecule has 8 heteroatoms. The lowest BCUT2D eigenvalue weighted by Gasteiger charge is -2.12. The first-order chi connectivity index (χ1) is 6.84. The van der Waals surface area contributed by atoms with Crippen molar-refractivity contribution in [1.82, 2.24) is 5.16 Å². The number of halogens is 4. The molecule has 0 unspecified atom stereocenters. The number of hydrogen-bond acceptors (Lipinski definition) is 3. The molecule has 0 bridgehead atoms. The lowest BCUT2D eigenvalue weighted by atomic mass is 10.3. The van der Waals surface area contributed by atoms with Gasteiger partial charge in [-0.15, -0.1) is 0 Å². The van der Waals surface area contributed by atoms with Crippen LogP contribution in [-0.4, -0.2) is 23.4 Å². The highest BCUT2D eigenvalue weighted by Crippen LogP contribution is 2.24. The second-order valence-electron chi connectivity index (χ2n) is 2.70. The van der Waals surface area contributed by atoms with E-state index in [-0.39, 0.29) is 11.6 Å². The van der Waals surface area contributed by atoms with Crippen LogP contribution >= 0.6 is 0 Å². The van der Waals surface area contributed by atoms with Crippen LogP contribution in [-0.2, 0) is 4.79 Å². The molecule has 15 heavy (non-hydrogen) atoms. The zero-order valence-electron chi connectivity index (χ0n) is 7.43. The van der Waals surface area contributed by atoms with E-state index in [9.17, 15) is 22.4 Å². The van der Waals surface area contributed by atoms with Crippen LogP contribution in [0.2, 0.25) is 0 Å². The van der Waals surface area contributed by atoms with Gasteiger partial charge in [0.25, 0.3) is 0 Å². The zero-order chi connectivity index (χ0) is 11.6. The van der Waals surface area contributed by atoms with E-state index in [2.05, 4.69) is 9.68 Å². The largest absolute Gasteiger partial charge is 0.383 e. The first-order valence-electron chi connectivity index (χ1n) is 3.74. The number of nitrogens with zero attached hydrogens (tertiary/aromatic N) is 1. The van der Waals surface area contributed by atoms with Crippen LogP contribution < -0.4 is 5.32 Å². The van der Waals surface area contributed by atoms with E-state index in [4.69, 9.17) is 0 Å². The van der Waals surface area contributed by atoms with Crippen molar-refractivity contribution >= 4 is 11.7 Å². The third-order valence-electron chi connectivity index (χ3n) is 1.45. The molecule has 1 N–H and O–H groups in total. The van der Waals surface area contributed by atoms with Crippen molar-refractivity contribution < 1.29 is 26.9 Å². The fourth-order valence-electron chi connectivity index (χ4n) is 0.724. The standard InChI is InChI=1S/C7H6F4N2O2/c1-3-2-4(13-15-3)12-6(14)7(10,11)5(8)9/h2,5H,1H3,(H,12,13,14). The fraction of sp³-hybridized carbons (Fsp3) is 0.429. The minimum atomic E-state index is -4.74.